The molecule has 0 amide bonds. The molecule has 1 unspecified atom stereocenters. The molecule has 0 spiro atoms. The molecule has 0 saturated carbocycles. The molecule has 0 fully saturated rings. The lowest BCUT2D eigenvalue weighted by molar-refractivity contribution is 0.0630. The highest BCUT2D eigenvalue weighted by Crippen LogP contribution is 2.37. The highest BCUT2D eigenvalue weighted by Gasteiger charge is 2.37. The predicted octanol–water partition coefficient (Wildman–Crippen LogP) is 3.34. The number of aryl methyl sites for hydroxylation is 1. The van der Waals surface area contributed by atoms with Gasteiger partial charge >= 0.3 is 0 Å². The fraction of sp³-hybridized carbons (Fsp3) is 0.357. The molecule has 0 bridgehead atoms. The highest BCUT2D eigenvalue weighted by molar-refractivity contribution is 6.31. The fourth-order valence-electron chi connectivity index (χ4n) is 2.30. The maximum absolute atomic E-state index is 14.0. The standard InChI is InChI=1S/C14H16ClFN2O/c1-3-14(19,10-7-5-6-8-12(10)16)13-11(15)9-17-18(13)4-2/h5-9,19H,3-4H2,1-2H3. The summed E-state index contributed by atoms with van der Waals surface area (Å²) in [6.07, 6.45) is 1.78. The first kappa shape index (κ1) is 14.0. The summed E-state index contributed by atoms with van der Waals surface area (Å²) in [5.41, 5.74) is -0.826. The molecular formula is C14H16ClFN2O. The van der Waals surface area contributed by atoms with E-state index in [1.54, 1.807) is 29.8 Å². The van der Waals surface area contributed by atoms with Crippen molar-refractivity contribution < 1.29 is 9.50 Å². The Morgan fingerprint density at radius 1 is 1.37 bits per heavy atom. The largest absolute Gasteiger partial charge is 0.379 e. The van der Waals surface area contributed by atoms with E-state index in [1.165, 1.54) is 12.3 Å². The summed E-state index contributed by atoms with van der Waals surface area (Å²) in [5.74, 6) is -0.452. The number of nitrogens with zero attached hydrogens (tertiary/aromatic N) is 2. The molecule has 0 saturated heterocycles. The molecule has 102 valence electrons. The monoisotopic (exact) mass is 282 g/mol. The van der Waals surface area contributed by atoms with Crippen LogP contribution >= 0.6 is 11.6 Å². The average Bonchev–Trinajstić information content (AvgIpc) is 2.80. The first-order chi connectivity index (χ1) is 9.04. The number of halogens is 2. The van der Waals surface area contributed by atoms with Crippen molar-refractivity contribution in [1.29, 1.82) is 0 Å². The third kappa shape index (κ3) is 2.26. The van der Waals surface area contributed by atoms with Gasteiger partial charge in [0.2, 0.25) is 0 Å². The lowest BCUT2D eigenvalue weighted by atomic mass is 9.87. The van der Waals surface area contributed by atoms with Gasteiger partial charge in [0.05, 0.1) is 16.9 Å². The Morgan fingerprint density at radius 2 is 2.05 bits per heavy atom. The molecular weight excluding hydrogens is 267 g/mol. The second-order valence-corrected chi connectivity index (χ2v) is 4.76. The molecule has 0 aliphatic carbocycles. The summed E-state index contributed by atoms with van der Waals surface area (Å²) in [6, 6.07) is 6.19. The third-order valence-electron chi connectivity index (χ3n) is 3.32. The average molecular weight is 283 g/mol. The molecule has 1 aromatic carbocycles. The normalized spacial score (nSPS) is 14.4. The van der Waals surface area contributed by atoms with E-state index in [4.69, 9.17) is 11.6 Å². The Hall–Kier alpha value is -1.39. The van der Waals surface area contributed by atoms with E-state index in [2.05, 4.69) is 5.10 Å². The van der Waals surface area contributed by atoms with Crippen molar-refractivity contribution in [3.8, 4) is 0 Å². The van der Waals surface area contributed by atoms with Gasteiger partial charge in [0, 0.05) is 12.1 Å². The van der Waals surface area contributed by atoms with Crippen LogP contribution in [0, 0.1) is 5.82 Å². The van der Waals surface area contributed by atoms with E-state index < -0.39 is 11.4 Å². The van der Waals surface area contributed by atoms with Crippen molar-refractivity contribution in [3.63, 3.8) is 0 Å². The minimum absolute atomic E-state index is 0.217. The number of rotatable bonds is 4. The van der Waals surface area contributed by atoms with Crippen LogP contribution in [0.4, 0.5) is 4.39 Å². The van der Waals surface area contributed by atoms with Crippen LogP contribution < -0.4 is 0 Å². The molecule has 2 aromatic rings. The molecule has 1 atom stereocenters. The minimum Gasteiger partial charge on any atom is -0.379 e. The topological polar surface area (TPSA) is 38.0 Å². The van der Waals surface area contributed by atoms with E-state index >= 15 is 0 Å². The summed E-state index contributed by atoms with van der Waals surface area (Å²) in [7, 11) is 0. The molecule has 0 radical (unpaired) electrons. The van der Waals surface area contributed by atoms with Gasteiger partial charge in [-0.3, -0.25) is 4.68 Å². The Balaban J connectivity index is 2.67. The fourth-order valence-corrected chi connectivity index (χ4v) is 2.59. The molecule has 1 heterocycles. The molecule has 1 aromatic heterocycles. The number of aliphatic hydroxyl groups is 1. The molecule has 0 aliphatic rings. The van der Waals surface area contributed by atoms with E-state index in [9.17, 15) is 9.50 Å². The summed E-state index contributed by atoms with van der Waals surface area (Å²) >= 11 is 6.12. The summed E-state index contributed by atoms with van der Waals surface area (Å²) in [4.78, 5) is 0. The van der Waals surface area contributed by atoms with E-state index in [0.29, 0.717) is 23.7 Å². The summed E-state index contributed by atoms with van der Waals surface area (Å²) < 4.78 is 15.6. The van der Waals surface area contributed by atoms with Gasteiger partial charge in [-0.25, -0.2) is 4.39 Å². The van der Waals surface area contributed by atoms with Crippen molar-refractivity contribution in [2.24, 2.45) is 0 Å². The highest BCUT2D eigenvalue weighted by atomic mass is 35.5. The second kappa shape index (κ2) is 5.31. The van der Waals surface area contributed by atoms with Gasteiger partial charge in [0.1, 0.15) is 11.4 Å². The number of hydrogen-bond donors (Lipinski definition) is 1. The maximum Gasteiger partial charge on any atom is 0.135 e. The zero-order valence-corrected chi connectivity index (χ0v) is 11.7. The van der Waals surface area contributed by atoms with Crippen LogP contribution in [-0.2, 0) is 12.1 Å². The van der Waals surface area contributed by atoms with Crippen LogP contribution in [-0.4, -0.2) is 14.9 Å². The first-order valence-electron chi connectivity index (χ1n) is 6.23. The van der Waals surface area contributed by atoms with Gasteiger partial charge in [-0.15, -0.1) is 0 Å². The minimum atomic E-state index is -1.48. The zero-order chi connectivity index (χ0) is 14.0. The molecule has 3 nitrogen and oxygen atoms in total. The Labute approximate surface area is 116 Å². The third-order valence-corrected chi connectivity index (χ3v) is 3.59. The quantitative estimate of drug-likeness (QED) is 0.934. The smallest absolute Gasteiger partial charge is 0.135 e. The zero-order valence-electron chi connectivity index (χ0n) is 10.9. The van der Waals surface area contributed by atoms with Crippen LogP contribution in [0.1, 0.15) is 31.5 Å². The van der Waals surface area contributed by atoms with Crippen molar-refractivity contribution in [3.05, 3.63) is 52.6 Å². The molecule has 0 aliphatic heterocycles. The van der Waals surface area contributed by atoms with Gasteiger partial charge in [-0.05, 0) is 19.4 Å². The SMILES string of the molecule is CCn1ncc(Cl)c1C(O)(CC)c1ccccc1F. The van der Waals surface area contributed by atoms with Crippen LogP contribution in [0.3, 0.4) is 0 Å². The number of benzene rings is 1. The predicted molar refractivity (Wildman–Crippen MR) is 72.6 cm³/mol. The molecule has 19 heavy (non-hydrogen) atoms. The van der Waals surface area contributed by atoms with E-state index in [-0.39, 0.29) is 5.56 Å². The Kier molecular flexibility index (Phi) is 3.92. The lowest BCUT2D eigenvalue weighted by Crippen LogP contribution is -2.31. The van der Waals surface area contributed by atoms with Gasteiger partial charge in [0.15, 0.2) is 0 Å². The van der Waals surface area contributed by atoms with Crippen molar-refractivity contribution in [1.82, 2.24) is 9.78 Å². The number of aromatic nitrogens is 2. The molecule has 2 rings (SSSR count). The van der Waals surface area contributed by atoms with E-state index in [1.807, 2.05) is 6.92 Å². The van der Waals surface area contributed by atoms with Gasteiger partial charge in [-0.1, -0.05) is 36.7 Å². The Morgan fingerprint density at radius 3 is 2.63 bits per heavy atom. The summed E-state index contributed by atoms with van der Waals surface area (Å²) in [5, 5.41) is 15.4. The van der Waals surface area contributed by atoms with E-state index in [0.717, 1.165) is 0 Å². The Bertz CT molecular complexity index is 585. The van der Waals surface area contributed by atoms with Crippen LogP contribution in [0.25, 0.3) is 0 Å². The maximum atomic E-state index is 14.0. The first-order valence-corrected chi connectivity index (χ1v) is 6.61. The van der Waals surface area contributed by atoms with Crippen LogP contribution in [0.2, 0.25) is 5.02 Å². The van der Waals surface area contributed by atoms with Gasteiger partial charge in [0.25, 0.3) is 0 Å². The molecule has 5 heteroatoms. The van der Waals surface area contributed by atoms with Crippen LogP contribution in [0.15, 0.2) is 30.5 Å². The van der Waals surface area contributed by atoms with Crippen molar-refractivity contribution in [2.45, 2.75) is 32.4 Å². The van der Waals surface area contributed by atoms with Crippen molar-refractivity contribution in [2.75, 3.05) is 0 Å². The lowest BCUT2D eigenvalue weighted by Gasteiger charge is -2.29. The van der Waals surface area contributed by atoms with Crippen molar-refractivity contribution >= 4 is 11.6 Å². The summed E-state index contributed by atoms with van der Waals surface area (Å²) in [6.45, 7) is 4.23. The molecule has 1 N–H and O–H groups in total. The van der Waals surface area contributed by atoms with Crippen LogP contribution in [0.5, 0.6) is 0 Å². The number of hydrogen-bond acceptors (Lipinski definition) is 2. The van der Waals surface area contributed by atoms with Gasteiger partial charge in [-0.2, -0.15) is 5.10 Å². The van der Waals surface area contributed by atoms with Gasteiger partial charge < -0.3 is 5.11 Å². The second-order valence-electron chi connectivity index (χ2n) is 4.35.